The Bertz CT molecular complexity index is 1360. The van der Waals surface area contributed by atoms with Crippen LogP contribution in [0.5, 0.6) is 0 Å². The number of benzene rings is 2. The summed E-state index contributed by atoms with van der Waals surface area (Å²) in [6.07, 6.45) is 2.46. The van der Waals surface area contributed by atoms with Crippen molar-refractivity contribution in [3.63, 3.8) is 0 Å². The number of aryl methyl sites for hydroxylation is 1. The summed E-state index contributed by atoms with van der Waals surface area (Å²) in [7, 11) is -7.63. The molecule has 0 spiro atoms. The van der Waals surface area contributed by atoms with Crippen LogP contribution in [0.2, 0.25) is 5.02 Å². The molecule has 0 atom stereocenters. The molecular formula is C21H21ClN4O5S2. The molecule has 0 aliphatic rings. The Morgan fingerprint density at radius 3 is 2.30 bits per heavy atom. The van der Waals surface area contributed by atoms with E-state index in [0.29, 0.717) is 22.0 Å². The van der Waals surface area contributed by atoms with Crippen LogP contribution < -0.4 is 14.3 Å². The molecule has 33 heavy (non-hydrogen) atoms. The van der Waals surface area contributed by atoms with Crippen molar-refractivity contribution in [3.05, 3.63) is 77.4 Å². The summed E-state index contributed by atoms with van der Waals surface area (Å²) in [5.74, 6) is -0.426. The molecule has 0 saturated carbocycles. The third-order valence-corrected chi connectivity index (χ3v) is 7.20. The maximum Gasteiger partial charge on any atom is 0.263 e. The number of pyridine rings is 1. The minimum Gasteiger partial charge on any atom is -0.325 e. The average Bonchev–Trinajstić information content (AvgIpc) is 2.72. The van der Waals surface area contributed by atoms with Crippen molar-refractivity contribution in [2.45, 2.75) is 11.8 Å². The van der Waals surface area contributed by atoms with Crippen molar-refractivity contribution in [2.75, 3.05) is 27.1 Å². The monoisotopic (exact) mass is 508 g/mol. The lowest BCUT2D eigenvalue weighted by molar-refractivity contribution is -0.114. The fraction of sp³-hybridized carbons (Fsp3) is 0.143. The number of aromatic nitrogens is 1. The SMILES string of the molecule is Cc1cc(Cl)ccc1N(CC(=O)Nc1ccc(S(=O)(=O)Nc2ccccn2)cc1)S(C)(=O)=O. The quantitative estimate of drug-likeness (QED) is 0.481. The zero-order valence-corrected chi connectivity index (χ0v) is 20.1. The number of carbonyl (C=O) groups excluding carboxylic acids is 1. The van der Waals surface area contributed by atoms with Crippen LogP contribution in [0.3, 0.4) is 0 Å². The zero-order chi connectivity index (χ0) is 24.2. The first-order chi connectivity index (χ1) is 15.5. The predicted molar refractivity (Wildman–Crippen MR) is 128 cm³/mol. The van der Waals surface area contributed by atoms with E-state index >= 15 is 0 Å². The summed E-state index contributed by atoms with van der Waals surface area (Å²) in [6.45, 7) is 1.22. The minimum absolute atomic E-state index is 0.0271. The molecule has 2 N–H and O–H groups in total. The molecule has 0 aliphatic carbocycles. The molecule has 3 aromatic rings. The van der Waals surface area contributed by atoms with Crippen molar-refractivity contribution >= 4 is 54.7 Å². The number of anilines is 3. The van der Waals surface area contributed by atoms with Crippen molar-refractivity contribution in [2.24, 2.45) is 0 Å². The van der Waals surface area contributed by atoms with Gasteiger partial charge in [-0.05, 0) is 67.1 Å². The number of halogens is 1. The molecule has 0 fully saturated rings. The van der Waals surface area contributed by atoms with E-state index in [0.717, 1.165) is 10.6 Å². The minimum atomic E-state index is -3.86. The summed E-state index contributed by atoms with van der Waals surface area (Å²) in [4.78, 5) is 16.5. The van der Waals surface area contributed by atoms with Gasteiger partial charge in [-0.3, -0.25) is 13.8 Å². The first-order valence-electron chi connectivity index (χ1n) is 9.53. The van der Waals surface area contributed by atoms with Crippen molar-refractivity contribution in [3.8, 4) is 0 Å². The summed E-state index contributed by atoms with van der Waals surface area (Å²) >= 11 is 5.94. The van der Waals surface area contributed by atoms with Gasteiger partial charge in [-0.1, -0.05) is 17.7 Å². The van der Waals surface area contributed by atoms with Gasteiger partial charge in [-0.15, -0.1) is 0 Å². The van der Waals surface area contributed by atoms with Crippen LogP contribution in [-0.4, -0.2) is 40.5 Å². The van der Waals surface area contributed by atoms with Gasteiger partial charge in [0, 0.05) is 16.9 Å². The molecule has 9 nitrogen and oxygen atoms in total. The molecule has 3 rings (SSSR count). The second kappa shape index (κ2) is 9.77. The predicted octanol–water partition coefficient (Wildman–Crippen LogP) is 3.25. The van der Waals surface area contributed by atoms with Gasteiger partial charge in [0.05, 0.1) is 16.8 Å². The maximum absolute atomic E-state index is 12.6. The molecule has 2 aromatic carbocycles. The van der Waals surface area contributed by atoms with Gasteiger partial charge >= 0.3 is 0 Å². The van der Waals surface area contributed by atoms with Gasteiger partial charge in [-0.2, -0.15) is 0 Å². The zero-order valence-electron chi connectivity index (χ0n) is 17.7. The second-order valence-corrected chi connectivity index (χ2v) is 11.1. The van der Waals surface area contributed by atoms with Gasteiger partial charge in [0.2, 0.25) is 15.9 Å². The number of nitrogens with one attached hydrogen (secondary N) is 2. The Morgan fingerprint density at radius 2 is 1.73 bits per heavy atom. The van der Waals surface area contributed by atoms with Crippen molar-refractivity contribution < 1.29 is 21.6 Å². The Balaban J connectivity index is 1.73. The number of hydrogen-bond donors (Lipinski definition) is 2. The van der Waals surface area contributed by atoms with Crippen LogP contribution in [0.1, 0.15) is 5.56 Å². The highest BCUT2D eigenvalue weighted by molar-refractivity contribution is 7.92. The van der Waals surface area contributed by atoms with Crippen molar-refractivity contribution in [1.82, 2.24) is 4.98 Å². The molecule has 0 radical (unpaired) electrons. The Hall–Kier alpha value is -3.15. The van der Waals surface area contributed by atoms with Gasteiger partial charge in [-0.25, -0.2) is 21.8 Å². The van der Waals surface area contributed by atoms with Crippen LogP contribution in [0, 0.1) is 6.92 Å². The summed E-state index contributed by atoms with van der Waals surface area (Å²) < 4.78 is 52.9. The molecule has 1 amide bonds. The molecule has 0 aliphatic heterocycles. The van der Waals surface area contributed by atoms with Gasteiger partial charge in [0.25, 0.3) is 10.0 Å². The van der Waals surface area contributed by atoms with E-state index < -0.39 is 32.5 Å². The van der Waals surface area contributed by atoms with Crippen molar-refractivity contribution in [1.29, 1.82) is 0 Å². The third kappa shape index (κ3) is 6.44. The number of sulfonamides is 2. The first-order valence-corrected chi connectivity index (χ1v) is 13.2. The van der Waals surface area contributed by atoms with Gasteiger partial charge in [0.15, 0.2) is 0 Å². The van der Waals surface area contributed by atoms with E-state index in [1.54, 1.807) is 25.1 Å². The van der Waals surface area contributed by atoms with E-state index in [2.05, 4.69) is 15.0 Å². The second-order valence-electron chi connectivity index (χ2n) is 7.09. The lowest BCUT2D eigenvalue weighted by atomic mass is 10.2. The highest BCUT2D eigenvalue weighted by Crippen LogP contribution is 2.25. The highest BCUT2D eigenvalue weighted by Gasteiger charge is 2.23. The fourth-order valence-corrected chi connectivity index (χ4v) is 5.10. The molecular weight excluding hydrogens is 488 g/mol. The number of carbonyl (C=O) groups is 1. The van der Waals surface area contributed by atoms with Crippen LogP contribution in [0.4, 0.5) is 17.2 Å². The smallest absolute Gasteiger partial charge is 0.263 e. The molecule has 1 aromatic heterocycles. The largest absolute Gasteiger partial charge is 0.325 e. The highest BCUT2D eigenvalue weighted by atomic mass is 35.5. The normalized spacial score (nSPS) is 11.6. The summed E-state index contributed by atoms with van der Waals surface area (Å²) in [5.41, 5.74) is 1.23. The van der Waals surface area contributed by atoms with Crippen LogP contribution in [0.15, 0.2) is 71.8 Å². The molecule has 0 unspecified atom stereocenters. The first kappa shape index (κ1) is 24.5. The average molecular weight is 509 g/mol. The standard InChI is InChI=1S/C21H21ClN4O5S2/c1-15-13-16(22)6-11-19(15)26(32(2,28)29)14-21(27)24-17-7-9-18(10-8-17)33(30,31)25-20-5-3-4-12-23-20/h3-13H,14H2,1-2H3,(H,23,25)(H,24,27). The Labute approximate surface area is 197 Å². The topological polar surface area (TPSA) is 126 Å². The number of rotatable bonds is 8. The molecule has 174 valence electrons. The van der Waals surface area contributed by atoms with E-state index in [-0.39, 0.29) is 10.7 Å². The molecule has 1 heterocycles. The maximum atomic E-state index is 12.6. The van der Waals surface area contributed by atoms with Crippen LogP contribution in [0.25, 0.3) is 0 Å². The number of nitrogens with zero attached hydrogens (tertiary/aromatic N) is 2. The van der Waals surface area contributed by atoms with E-state index in [1.807, 2.05) is 0 Å². The van der Waals surface area contributed by atoms with Crippen LogP contribution >= 0.6 is 11.6 Å². The molecule has 12 heteroatoms. The van der Waals surface area contributed by atoms with E-state index in [4.69, 9.17) is 11.6 Å². The number of amides is 1. The van der Waals surface area contributed by atoms with E-state index in [9.17, 15) is 21.6 Å². The van der Waals surface area contributed by atoms with E-state index in [1.165, 1.54) is 48.7 Å². The molecule has 0 saturated heterocycles. The Morgan fingerprint density at radius 1 is 1.03 bits per heavy atom. The van der Waals surface area contributed by atoms with Crippen LogP contribution in [-0.2, 0) is 24.8 Å². The fourth-order valence-electron chi connectivity index (χ4n) is 2.95. The lowest BCUT2D eigenvalue weighted by Gasteiger charge is -2.23. The Kier molecular flexibility index (Phi) is 7.25. The van der Waals surface area contributed by atoms with Gasteiger partial charge in [0.1, 0.15) is 12.4 Å². The summed E-state index contributed by atoms with van der Waals surface area (Å²) in [6, 6.07) is 14.9. The molecule has 0 bridgehead atoms. The third-order valence-electron chi connectivity index (χ3n) is 4.47. The lowest BCUT2D eigenvalue weighted by Crippen LogP contribution is -2.37. The number of hydrogen-bond acceptors (Lipinski definition) is 6. The summed E-state index contributed by atoms with van der Waals surface area (Å²) in [5, 5.41) is 3.02. The van der Waals surface area contributed by atoms with Gasteiger partial charge < -0.3 is 5.32 Å².